The van der Waals surface area contributed by atoms with Crippen LogP contribution in [0.25, 0.3) is 0 Å². The number of aryl methyl sites for hydroxylation is 2. The summed E-state index contributed by atoms with van der Waals surface area (Å²) in [5, 5.41) is 0. The van der Waals surface area contributed by atoms with E-state index in [0.29, 0.717) is 12.0 Å². The molecule has 0 saturated heterocycles. The van der Waals surface area contributed by atoms with E-state index in [-0.39, 0.29) is 0 Å². The lowest BCUT2D eigenvalue weighted by molar-refractivity contribution is 0.109. The number of aromatic nitrogens is 2. The highest BCUT2D eigenvalue weighted by molar-refractivity contribution is 5.70. The minimum absolute atomic E-state index is 0.391. The Morgan fingerprint density at radius 2 is 2.07 bits per heavy atom. The predicted octanol–water partition coefficient (Wildman–Crippen LogP) is 2.19. The zero-order valence-electron chi connectivity index (χ0n) is 8.68. The molecule has 78 valence electrons. The van der Waals surface area contributed by atoms with Crippen LogP contribution in [-0.2, 0) is 0 Å². The Labute approximate surface area is 88.0 Å². The molecule has 0 radical (unpaired) electrons. The highest BCUT2D eigenvalue weighted by Gasteiger charge is 1.91. The van der Waals surface area contributed by atoms with Crippen LogP contribution in [0.3, 0.4) is 0 Å². The molecule has 0 unspecified atom stereocenters. The van der Waals surface area contributed by atoms with Crippen molar-refractivity contribution in [3.63, 3.8) is 0 Å². The highest BCUT2D eigenvalue weighted by Crippen LogP contribution is 2.01. The first-order valence-corrected chi connectivity index (χ1v) is 4.46. The molecular weight excluding hydrogens is 192 g/mol. The van der Waals surface area contributed by atoms with Gasteiger partial charge in [-0.05, 0) is 26.0 Å². The SMILES string of the molecule is Cc1ccc(C=O)o1.Cc1cnccn1. The van der Waals surface area contributed by atoms with Gasteiger partial charge in [-0.1, -0.05) is 0 Å². The maximum Gasteiger partial charge on any atom is 0.185 e. The van der Waals surface area contributed by atoms with Gasteiger partial charge in [0.2, 0.25) is 0 Å². The Morgan fingerprint density at radius 1 is 1.27 bits per heavy atom. The number of furan rings is 1. The average molecular weight is 204 g/mol. The summed E-state index contributed by atoms with van der Waals surface area (Å²) in [6, 6.07) is 3.39. The first-order valence-electron chi connectivity index (χ1n) is 4.46. The molecule has 0 aromatic carbocycles. The Bertz CT molecular complexity index is 410. The van der Waals surface area contributed by atoms with Gasteiger partial charge in [0.15, 0.2) is 12.0 Å². The van der Waals surface area contributed by atoms with E-state index in [0.717, 1.165) is 11.5 Å². The van der Waals surface area contributed by atoms with Crippen LogP contribution in [0.1, 0.15) is 22.0 Å². The first-order chi connectivity index (χ1) is 7.22. The molecule has 0 N–H and O–H groups in total. The smallest absolute Gasteiger partial charge is 0.185 e. The maximum atomic E-state index is 9.93. The molecule has 2 aromatic rings. The number of hydrogen-bond acceptors (Lipinski definition) is 4. The van der Waals surface area contributed by atoms with Gasteiger partial charge in [-0.15, -0.1) is 0 Å². The van der Waals surface area contributed by atoms with Gasteiger partial charge in [0.1, 0.15) is 5.76 Å². The topological polar surface area (TPSA) is 56.0 Å². The summed E-state index contributed by atoms with van der Waals surface area (Å²) in [5.41, 5.74) is 0.961. The summed E-state index contributed by atoms with van der Waals surface area (Å²) >= 11 is 0. The molecule has 2 aromatic heterocycles. The summed E-state index contributed by atoms with van der Waals surface area (Å²) < 4.78 is 4.86. The summed E-state index contributed by atoms with van der Waals surface area (Å²) in [5.74, 6) is 1.16. The van der Waals surface area contributed by atoms with E-state index in [1.54, 1.807) is 37.6 Å². The van der Waals surface area contributed by atoms with Gasteiger partial charge in [0.25, 0.3) is 0 Å². The van der Waals surface area contributed by atoms with Crippen LogP contribution in [0.15, 0.2) is 35.1 Å². The van der Waals surface area contributed by atoms with E-state index in [1.165, 1.54) is 0 Å². The van der Waals surface area contributed by atoms with Gasteiger partial charge in [0.05, 0.1) is 5.69 Å². The zero-order valence-corrected chi connectivity index (χ0v) is 8.68. The number of carbonyl (C=O) groups excluding carboxylic acids is 1. The summed E-state index contributed by atoms with van der Waals surface area (Å²) in [4.78, 5) is 17.7. The van der Waals surface area contributed by atoms with E-state index < -0.39 is 0 Å². The molecular formula is C11H12N2O2. The molecule has 0 bridgehead atoms. The van der Waals surface area contributed by atoms with Crippen molar-refractivity contribution in [1.29, 1.82) is 0 Å². The maximum absolute atomic E-state index is 9.93. The Morgan fingerprint density at radius 3 is 2.33 bits per heavy atom. The molecule has 2 heterocycles. The third-order valence-corrected chi connectivity index (χ3v) is 1.57. The van der Waals surface area contributed by atoms with Crippen LogP contribution in [0.4, 0.5) is 0 Å². The van der Waals surface area contributed by atoms with Gasteiger partial charge in [0, 0.05) is 18.6 Å². The van der Waals surface area contributed by atoms with Crippen molar-refractivity contribution in [2.75, 3.05) is 0 Å². The lowest BCUT2D eigenvalue weighted by atomic mass is 10.5. The normalized spacial score (nSPS) is 8.93. The predicted molar refractivity (Wildman–Crippen MR) is 55.6 cm³/mol. The molecule has 0 fully saturated rings. The molecule has 4 heteroatoms. The van der Waals surface area contributed by atoms with Crippen LogP contribution < -0.4 is 0 Å². The third-order valence-electron chi connectivity index (χ3n) is 1.57. The summed E-state index contributed by atoms with van der Waals surface area (Å²) in [6.45, 7) is 3.71. The summed E-state index contributed by atoms with van der Waals surface area (Å²) in [7, 11) is 0. The summed E-state index contributed by atoms with van der Waals surface area (Å²) in [6.07, 6.45) is 5.75. The first kappa shape index (κ1) is 11.1. The Hall–Kier alpha value is -1.97. The second-order valence-electron chi connectivity index (χ2n) is 2.91. The van der Waals surface area contributed by atoms with Crippen molar-refractivity contribution in [2.45, 2.75) is 13.8 Å². The van der Waals surface area contributed by atoms with Crippen LogP contribution in [0.5, 0.6) is 0 Å². The standard InChI is InChI=1S/C6H6O2.C5H6N2/c1-5-2-3-6(4-7)8-5;1-5-4-6-2-3-7-5/h2-4H,1H3;2-4H,1H3. The molecule has 0 spiro atoms. The Kier molecular flexibility index (Phi) is 4.22. The van der Waals surface area contributed by atoms with Crippen LogP contribution >= 0.6 is 0 Å². The van der Waals surface area contributed by atoms with E-state index >= 15 is 0 Å². The van der Waals surface area contributed by atoms with Crippen molar-refractivity contribution in [3.05, 3.63) is 47.9 Å². The van der Waals surface area contributed by atoms with Gasteiger partial charge in [-0.2, -0.15) is 0 Å². The second-order valence-corrected chi connectivity index (χ2v) is 2.91. The zero-order chi connectivity index (χ0) is 11.1. The van der Waals surface area contributed by atoms with Crippen LogP contribution in [0, 0.1) is 13.8 Å². The fraction of sp³-hybridized carbons (Fsp3) is 0.182. The lowest BCUT2D eigenvalue weighted by Gasteiger charge is -1.81. The van der Waals surface area contributed by atoms with E-state index in [4.69, 9.17) is 4.42 Å². The van der Waals surface area contributed by atoms with E-state index in [9.17, 15) is 4.79 Å². The number of aldehydes is 1. The van der Waals surface area contributed by atoms with Crippen molar-refractivity contribution >= 4 is 6.29 Å². The van der Waals surface area contributed by atoms with Gasteiger partial charge >= 0.3 is 0 Å². The number of hydrogen-bond donors (Lipinski definition) is 0. The van der Waals surface area contributed by atoms with E-state index in [1.807, 2.05) is 6.92 Å². The number of nitrogens with zero attached hydrogens (tertiary/aromatic N) is 2. The largest absolute Gasteiger partial charge is 0.459 e. The van der Waals surface area contributed by atoms with Gasteiger partial charge < -0.3 is 4.42 Å². The minimum atomic E-state index is 0.391. The monoisotopic (exact) mass is 204 g/mol. The fourth-order valence-electron chi connectivity index (χ4n) is 0.890. The molecule has 0 amide bonds. The van der Waals surface area contributed by atoms with Crippen molar-refractivity contribution in [1.82, 2.24) is 9.97 Å². The third kappa shape index (κ3) is 4.17. The fourth-order valence-corrected chi connectivity index (χ4v) is 0.890. The molecule has 4 nitrogen and oxygen atoms in total. The van der Waals surface area contributed by atoms with Crippen molar-refractivity contribution < 1.29 is 9.21 Å². The Balaban J connectivity index is 0.000000151. The second kappa shape index (κ2) is 5.70. The van der Waals surface area contributed by atoms with Crippen molar-refractivity contribution in [2.24, 2.45) is 0 Å². The lowest BCUT2D eigenvalue weighted by Crippen LogP contribution is -1.77. The van der Waals surface area contributed by atoms with Crippen molar-refractivity contribution in [3.8, 4) is 0 Å². The molecule has 0 atom stereocenters. The molecule has 0 aliphatic heterocycles. The van der Waals surface area contributed by atoms with Crippen LogP contribution in [0.2, 0.25) is 0 Å². The minimum Gasteiger partial charge on any atom is -0.459 e. The number of rotatable bonds is 1. The molecule has 0 aliphatic carbocycles. The molecule has 15 heavy (non-hydrogen) atoms. The number of carbonyl (C=O) groups is 1. The molecule has 0 aliphatic rings. The highest BCUT2D eigenvalue weighted by atomic mass is 16.3. The average Bonchev–Trinajstić information content (AvgIpc) is 2.66. The van der Waals surface area contributed by atoms with Crippen LogP contribution in [-0.4, -0.2) is 16.3 Å². The van der Waals surface area contributed by atoms with E-state index in [2.05, 4.69) is 9.97 Å². The van der Waals surface area contributed by atoms with Gasteiger partial charge in [-0.3, -0.25) is 14.8 Å². The molecule has 0 saturated carbocycles. The van der Waals surface area contributed by atoms with Gasteiger partial charge in [-0.25, -0.2) is 0 Å². The molecule has 2 rings (SSSR count). The quantitative estimate of drug-likeness (QED) is 0.668.